The van der Waals surface area contributed by atoms with E-state index in [0.29, 0.717) is 17.9 Å². The summed E-state index contributed by atoms with van der Waals surface area (Å²) in [6.07, 6.45) is 22.5. The van der Waals surface area contributed by atoms with Crippen LogP contribution in [-0.4, -0.2) is 42.0 Å². The molecule has 0 amide bonds. The maximum absolute atomic E-state index is 5.01. The van der Waals surface area contributed by atoms with E-state index in [1.807, 2.05) is 0 Å². The van der Waals surface area contributed by atoms with E-state index in [0.717, 1.165) is 48.1 Å². The van der Waals surface area contributed by atoms with Crippen molar-refractivity contribution in [1.82, 2.24) is 10.6 Å². The molecule has 0 bridgehead atoms. The van der Waals surface area contributed by atoms with Crippen molar-refractivity contribution in [3.05, 3.63) is 23.9 Å². The van der Waals surface area contributed by atoms with Crippen LogP contribution >= 0.6 is 0 Å². The van der Waals surface area contributed by atoms with Crippen molar-refractivity contribution < 1.29 is 0 Å². The summed E-state index contributed by atoms with van der Waals surface area (Å²) >= 11 is 0. The van der Waals surface area contributed by atoms with Gasteiger partial charge in [0.25, 0.3) is 0 Å². The van der Waals surface area contributed by atoms with Crippen LogP contribution in [0.15, 0.2) is 44.3 Å². The topological polar surface area (TPSA) is 73.5 Å². The first kappa shape index (κ1) is 25.0. The first-order valence-corrected chi connectivity index (χ1v) is 13.8. The lowest BCUT2D eigenvalue weighted by Crippen LogP contribution is -2.39. The first-order chi connectivity index (χ1) is 16.7. The van der Waals surface area contributed by atoms with E-state index in [1.165, 1.54) is 77.0 Å². The zero-order valence-corrected chi connectivity index (χ0v) is 21.4. The van der Waals surface area contributed by atoms with Gasteiger partial charge in [0.1, 0.15) is 0 Å². The Morgan fingerprint density at radius 2 is 1.35 bits per heavy atom. The summed E-state index contributed by atoms with van der Waals surface area (Å²) in [5.74, 6) is 0.901. The Labute approximate surface area is 206 Å². The van der Waals surface area contributed by atoms with Crippen LogP contribution in [0.2, 0.25) is 0 Å². The summed E-state index contributed by atoms with van der Waals surface area (Å²) < 4.78 is 0. The highest BCUT2D eigenvalue weighted by Crippen LogP contribution is 2.31. The van der Waals surface area contributed by atoms with Crippen molar-refractivity contribution in [2.75, 3.05) is 13.1 Å². The first-order valence-electron chi connectivity index (χ1n) is 13.8. The molecule has 1 saturated heterocycles. The molecule has 2 saturated carbocycles. The normalized spacial score (nSPS) is 26.9. The summed E-state index contributed by atoms with van der Waals surface area (Å²) in [7, 11) is 0. The highest BCUT2D eigenvalue weighted by Gasteiger charge is 2.30. The Kier molecular flexibility index (Phi) is 9.66. The molecule has 4 rings (SSSR count). The highest BCUT2D eigenvalue weighted by molar-refractivity contribution is 6.44. The van der Waals surface area contributed by atoms with E-state index in [4.69, 9.17) is 20.4 Å². The Balaban J connectivity index is 1.67. The van der Waals surface area contributed by atoms with E-state index >= 15 is 0 Å². The van der Waals surface area contributed by atoms with Crippen molar-refractivity contribution in [3.63, 3.8) is 0 Å². The fourth-order valence-corrected chi connectivity index (χ4v) is 5.74. The number of allylic oxidation sites excluding steroid dienone is 3. The Hall–Kier alpha value is -2.08. The number of piperidine rings is 1. The van der Waals surface area contributed by atoms with Gasteiger partial charge in [0.05, 0.1) is 28.5 Å². The van der Waals surface area contributed by atoms with Gasteiger partial charge in [-0.2, -0.15) is 20.4 Å². The van der Waals surface area contributed by atoms with Crippen molar-refractivity contribution in [2.24, 2.45) is 32.2 Å². The van der Waals surface area contributed by atoms with E-state index < -0.39 is 0 Å². The van der Waals surface area contributed by atoms with Crippen molar-refractivity contribution in [2.45, 2.75) is 103 Å². The predicted octanol–water partition coefficient (Wildman–Crippen LogP) is 5.97. The zero-order chi connectivity index (χ0) is 23.6. The number of nitrogens with one attached hydrogen (secondary N) is 2. The number of nitrogens with zero attached hydrogens (tertiary/aromatic N) is 4. The minimum atomic E-state index is 0.359. The summed E-state index contributed by atoms with van der Waals surface area (Å²) in [6.45, 7) is 6.11. The molecule has 2 aliphatic heterocycles. The van der Waals surface area contributed by atoms with Gasteiger partial charge in [-0.15, -0.1) is 0 Å². The standard InChI is InChI=1S/C28H44N6/c1-21(25-17-9-11-19-29-25)31-33-27(23-13-5-3-6-14-23)28(24-15-7-4-8-16-24)34-32-22(2)26-18-10-12-20-30-26/h9,11,17,23-24,26,29-30H,3-8,10,12-16,18-20H2,1-2H3. The smallest absolute Gasteiger partial charge is 0.0897 e. The molecule has 0 radical (unpaired) electrons. The average molecular weight is 465 g/mol. The molecule has 6 nitrogen and oxygen atoms in total. The maximum atomic E-state index is 5.01. The van der Waals surface area contributed by atoms with E-state index in [2.05, 4.69) is 42.7 Å². The molecule has 0 aromatic rings. The van der Waals surface area contributed by atoms with E-state index in [9.17, 15) is 0 Å². The summed E-state index contributed by atoms with van der Waals surface area (Å²) in [5, 5.41) is 26.6. The van der Waals surface area contributed by atoms with Gasteiger partial charge in [-0.3, -0.25) is 0 Å². The lowest BCUT2D eigenvalue weighted by atomic mass is 9.77. The quantitative estimate of drug-likeness (QED) is 0.360. The van der Waals surface area contributed by atoms with Crippen LogP contribution < -0.4 is 10.6 Å². The molecular weight excluding hydrogens is 420 g/mol. The molecule has 1 unspecified atom stereocenters. The van der Waals surface area contributed by atoms with E-state index in [-0.39, 0.29) is 0 Å². The Morgan fingerprint density at radius 3 is 1.91 bits per heavy atom. The maximum Gasteiger partial charge on any atom is 0.0897 e. The molecule has 2 aliphatic carbocycles. The molecule has 34 heavy (non-hydrogen) atoms. The third kappa shape index (κ3) is 6.97. The van der Waals surface area contributed by atoms with Crippen LogP contribution in [0.3, 0.4) is 0 Å². The zero-order valence-electron chi connectivity index (χ0n) is 21.4. The van der Waals surface area contributed by atoms with Crippen molar-refractivity contribution in [3.8, 4) is 0 Å². The van der Waals surface area contributed by atoms with Gasteiger partial charge in [-0.05, 0) is 65.0 Å². The number of hydrogen-bond donors (Lipinski definition) is 2. The molecule has 4 aliphatic rings. The Morgan fingerprint density at radius 1 is 0.735 bits per heavy atom. The fraction of sp³-hybridized carbons (Fsp3) is 0.714. The minimum absolute atomic E-state index is 0.359. The van der Waals surface area contributed by atoms with Crippen molar-refractivity contribution in [1.29, 1.82) is 0 Å². The largest absolute Gasteiger partial charge is 0.380 e. The third-order valence-electron chi connectivity index (χ3n) is 7.88. The number of hydrogen-bond acceptors (Lipinski definition) is 6. The number of rotatable bonds is 7. The SMILES string of the molecule is CC(=NN=C(C(=NN=C(C)C1CCCCN1)C1CCCCC1)C1CCCCC1)C1=CC=CCN1. The van der Waals surface area contributed by atoms with Crippen molar-refractivity contribution >= 4 is 22.8 Å². The summed E-state index contributed by atoms with van der Waals surface area (Å²) in [4.78, 5) is 0. The summed E-state index contributed by atoms with van der Waals surface area (Å²) in [5.41, 5.74) is 5.35. The van der Waals surface area contributed by atoms with Gasteiger partial charge < -0.3 is 10.6 Å². The molecule has 2 heterocycles. The number of dihydropyridines is 1. The Bertz CT molecular complexity index is 844. The molecule has 186 valence electrons. The monoisotopic (exact) mass is 464 g/mol. The van der Waals surface area contributed by atoms with Crippen LogP contribution in [0.5, 0.6) is 0 Å². The average Bonchev–Trinajstić information content (AvgIpc) is 2.92. The van der Waals surface area contributed by atoms with Gasteiger partial charge in [0, 0.05) is 24.4 Å². The fourth-order valence-electron chi connectivity index (χ4n) is 5.74. The molecule has 6 heteroatoms. The van der Waals surface area contributed by atoms with Gasteiger partial charge in [-0.1, -0.05) is 57.1 Å². The molecular formula is C28H44N6. The van der Waals surface area contributed by atoms with E-state index in [1.54, 1.807) is 0 Å². The van der Waals surface area contributed by atoms with Crippen LogP contribution in [0.1, 0.15) is 97.3 Å². The molecule has 0 aromatic heterocycles. The van der Waals surface area contributed by atoms with Crippen LogP contribution in [0.4, 0.5) is 0 Å². The molecule has 2 N–H and O–H groups in total. The lowest BCUT2D eigenvalue weighted by molar-refractivity contribution is 0.428. The van der Waals surface area contributed by atoms with Gasteiger partial charge in [0.2, 0.25) is 0 Å². The summed E-state index contributed by atoms with van der Waals surface area (Å²) in [6, 6.07) is 0.359. The van der Waals surface area contributed by atoms with Crippen LogP contribution in [0, 0.1) is 11.8 Å². The molecule has 0 aromatic carbocycles. The minimum Gasteiger partial charge on any atom is -0.380 e. The molecule has 1 atom stereocenters. The third-order valence-corrected chi connectivity index (χ3v) is 7.88. The lowest BCUT2D eigenvalue weighted by Gasteiger charge is -2.29. The van der Waals surface area contributed by atoms with Gasteiger partial charge in [-0.25, -0.2) is 0 Å². The molecule has 0 spiro atoms. The predicted molar refractivity (Wildman–Crippen MR) is 145 cm³/mol. The second-order valence-electron chi connectivity index (χ2n) is 10.5. The molecule has 3 fully saturated rings. The van der Waals surface area contributed by atoms with Gasteiger partial charge >= 0.3 is 0 Å². The van der Waals surface area contributed by atoms with Crippen LogP contribution in [0.25, 0.3) is 0 Å². The second-order valence-corrected chi connectivity index (χ2v) is 10.5. The van der Waals surface area contributed by atoms with Gasteiger partial charge in [0.15, 0.2) is 0 Å². The highest BCUT2D eigenvalue weighted by atomic mass is 15.3. The van der Waals surface area contributed by atoms with Crippen LogP contribution in [-0.2, 0) is 0 Å². The second kappa shape index (κ2) is 13.1.